The molecule has 0 aliphatic heterocycles. The number of ether oxygens (including phenoxy) is 1. The number of carbonyl (C=O) groups excluding carboxylic acids is 2. The number of anilines is 1. The third kappa shape index (κ3) is 5.38. The number of amides is 1. The summed E-state index contributed by atoms with van der Waals surface area (Å²) in [6.07, 6.45) is 0.346. The maximum Gasteiger partial charge on any atom is 0.277 e. The van der Waals surface area contributed by atoms with Gasteiger partial charge in [0.05, 0.1) is 18.0 Å². The molecule has 0 saturated heterocycles. The second-order valence-corrected chi connectivity index (χ2v) is 7.10. The highest BCUT2D eigenvalue weighted by molar-refractivity contribution is 7.99. The van der Waals surface area contributed by atoms with Crippen LogP contribution < -0.4 is 10.1 Å². The summed E-state index contributed by atoms with van der Waals surface area (Å²) in [6, 6.07) is 11.3. The van der Waals surface area contributed by atoms with Gasteiger partial charge < -0.3 is 19.6 Å². The van der Waals surface area contributed by atoms with Gasteiger partial charge in [0.25, 0.3) is 5.22 Å². The zero-order valence-corrected chi connectivity index (χ0v) is 17.4. The first-order valence-electron chi connectivity index (χ1n) is 9.35. The van der Waals surface area contributed by atoms with Crippen LogP contribution >= 0.6 is 11.8 Å². The van der Waals surface area contributed by atoms with Crippen LogP contribution in [0.5, 0.6) is 11.5 Å². The maximum absolute atomic E-state index is 12.6. The summed E-state index contributed by atoms with van der Waals surface area (Å²) in [5.74, 6) is 0.723. The number of nitrogens with one attached hydrogen (secondary N) is 1. The Labute approximate surface area is 177 Å². The van der Waals surface area contributed by atoms with Gasteiger partial charge in [0.1, 0.15) is 11.5 Å². The molecule has 8 nitrogen and oxygen atoms in total. The second-order valence-electron chi connectivity index (χ2n) is 6.18. The van der Waals surface area contributed by atoms with E-state index in [1.165, 1.54) is 12.1 Å². The topological polar surface area (TPSA) is 115 Å². The van der Waals surface area contributed by atoms with Crippen molar-refractivity contribution in [3.63, 3.8) is 0 Å². The Morgan fingerprint density at radius 3 is 2.60 bits per heavy atom. The smallest absolute Gasteiger partial charge is 0.277 e. The molecule has 3 aromatic rings. The average Bonchev–Trinajstić information content (AvgIpc) is 3.23. The zero-order chi connectivity index (χ0) is 21.5. The lowest BCUT2D eigenvalue weighted by Crippen LogP contribution is -2.12. The number of aromatic nitrogens is 2. The van der Waals surface area contributed by atoms with E-state index < -0.39 is 0 Å². The summed E-state index contributed by atoms with van der Waals surface area (Å²) in [5.41, 5.74) is 1.66. The first-order valence-corrected chi connectivity index (χ1v) is 10.3. The van der Waals surface area contributed by atoms with E-state index in [0.29, 0.717) is 41.5 Å². The van der Waals surface area contributed by atoms with Crippen molar-refractivity contribution in [1.29, 1.82) is 0 Å². The molecule has 0 unspecified atom stereocenters. The number of carbonyl (C=O) groups is 2. The van der Waals surface area contributed by atoms with E-state index in [0.717, 1.165) is 11.8 Å². The predicted octanol–water partition coefficient (Wildman–Crippen LogP) is 4.16. The van der Waals surface area contributed by atoms with Gasteiger partial charge in [0.2, 0.25) is 11.8 Å². The summed E-state index contributed by atoms with van der Waals surface area (Å²) in [4.78, 5) is 24.3. The molecular weight excluding hydrogens is 406 g/mol. The molecule has 1 aromatic heterocycles. The molecule has 0 bridgehead atoms. The summed E-state index contributed by atoms with van der Waals surface area (Å²) >= 11 is 1.13. The number of hydrogen-bond acceptors (Lipinski definition) is 8. The zero-order valence-electron chi connectivity index (χ0n) is 16.5. The highest BCUT2D eigenvalue weighted by Gasteiger charge is 2.15. The Bertz CT molecular complexity index is 1030. The van der Waals surface area contributed by atoms with E-state index in [1.54, 1.807) is 37.3 Å². The quantitative estimate of drug-likeness (QED) is 0.386. The van der Waals surface area contributed by atoms with Crippen molar-refractivity contribution >= 4 is 29.1 Å². The maximum atomic E-state index is 12.6. The molecule has 1 amide bonds. The molecule has 0 aliphatic rings. The van der Waals surface area contributed by atoms with Gasteiger partial charge in [-0.2, -0.15) is 0 Å². The van der Waals surface area contributed by atoms with Crippen LogP contribution in [0.2, 0.25) is 0 Å². The third-order valence-electron chi connectivity index (χ3n) is 4.05. The normalized spacial score (nSPS) is 10.6. The minimum atomic E-state index is -0.140. The fraction of sp³-hybridized carbons (Fsp3) is 0.238. The number of nitrogens with zero attached hydrogens (tertiary/aromatic N) is 2. The molecular formula is C21H21N3O5S. The van der Waals surface area contributed by atoms with Crippen LogP contribution in [0.25, 0.3) is 11.5 Å². The Kier molecular flexibility index (Phi) is 7.08. The highest BCUT2D eigenvalue weighted by Crippen LogP contribution is 2.28. The molecule has 0 radical (unpaired) electrons. The van der Waals surface area contributed by atoms with E-state index in [1.807, 2.05) is 6.92 Å². The summed E-state index contributed by atoms with van der Waals surface area (Å²) in [5, 5.41) is 20.3. The first-order chi connectivity index (χ1) is 14.5. The number of phenols is 1. The van der Waals surface area contributed by atoms with E-state index in [9.17, 15) is 14.7 Å². The van der Waals surface area contributed by atoms with E-state index in [2.05, 4.69) is 15.5 Å². The molecule has 0 saturated carbocycles. The fourth-order valence-corrected chi connectivity index (χ4v) is 3.17. The number of hydrogen-bond donors (Lipinski definition) is 2. The second kappa shape index (κ2) is 9.93. The van der Waals surface area contributed by atoms with Crippen LogP contribution in [0.15, 0.2) is 52.1 Å². The predicted molar refractivity (Wildman–Crippen MR) is 113 cm³/mol. The number of ketones is 1. The van der Waals surface area contributed by atoms with Gasteiger partial charge in [-0.15, -0.1) is 10.2 Å². The van der Waals surface area contributed by atoms with E-state index in [4.69, 9.17) is 9.15 Å². The van der Waals surface area contributed by atoms with Crippen molar-refractivity contribution < 1.29 is 23.8 Å². The molecule has 3 rings (SSSR count). The lowest BCUT2D eigenvalue weighted by molar-refractivity contribution is -0.115. The molecule has 30 heavy (non-hydrogen) atoms. The van der Waals surface area contributed by atoms with Gasteiger partial charge in [0, 0.05) is 17.5 Å². The van der Waals surface area contributed by atoms with Crippen LogP contribution in [0.4, 0.5) is 5.69 Å². The molecule has 2 aromatic carbocycles. The van der Waals surface area contributed by atoms with Gasteiger partial charge in [-0.25, -0.2) is 0 Å². The number of aromatic hydroxyl groups is 1. The van der Waals surface area contributed by atoms with Gasteiger partial charge in [-0.3, -0.25) is 9.59 Å². The Morgan fingerprint density at radius 2 is 1.90 bits per heavy atom. The monoisotopic (exact) mass is 427 g/mol. The Balaban J connectivity index is 1.66. The molecule has 0 atom stereocenters. The van der Waals surface area contributed by atoms with Gasteiger partial charge in [-0.1, -0.05) is 18.7 Å². The Morgan fingerprint density at radius 1 is 1.13 bits per heavy atom. The lowest BCUT2D eigenvalue weighted by atomic mass is 10.1. The van der Waals surface area contributed by atoms with Crippen molar-refractivity contribution in [3.05, 3.63) is 48.0 Å². The minimum absolute atomic E-state index is 0.101. The van der Waals surface area contributed by atoms with Crippen LogP contribution in [-0.2, 0) is 4.79 Å². The summed E-state index contributed by atoms with van der Waals surface area (Å²) in [6.45, 7) is 4.00. The Hall–Kier alpha value is -3.33. The van der Waals surface area contributed by atoms with E-state index >= 15 is 0 Å². The van der Waals surface area contributed by atoms with Crippen molar-refractivity contribution in [3.8, 4) is 23.0 Å². The van der Waals surface area contributed by atoms with Crippen molar-refractivity contribution in [1.82, 2.24) is 10.2 Å². The van der Waals surface area contributed by atoms with Crippen molar-refractivity contribution in [2.75, 3.05) is 17.7 Å². The number of Topliss-reactive ketones (excluding diaryl/α,β-unsaturated/α-hetero) is 1. The average molecular weight is 427 g/mol. The van der Waals surface area contributed by atoms with Crippen LogP contribution in [0.3, 0.4) is 0 Å². The number of phenolic OH excluding ortho intramolecular Hbond substituents is 1. The molecule has 0 fully saturated rings. The van der Waals surface area contributed by atoms with Gasteiger partial charge in [0.15, 0.2) is 5.78 Å². The molecule has 1 heterocycles. The molecule has 0 spiro atoms. The SMILES string of the molecule is CCOc1cc(C(=O)CSc2nnc(-c3ccc(O)cc3)o2)ccc1NC(=O)CC. The van der Waals surface area contributed by atoms with Crippen molar-refractivity contribution in [2.24, 2.45) is 0 Å². The van der Waals surface area contributed by atoms with Gasteiger partial charge >= 0.3 is 0 Å². The summed E-state index contributed by atoms with van der Waals surface area (Å²) in [7, 11) is 0. The minimum Gasteiger partial charge on any atom is -0.508 e. The first kappa shape index (κ1) is 21.4. The molecule has 156 valence electrons. The van der Waals surface area contributed by atoms with Crippen LogP contribution in [-0.4, -0.2) is 39.4 Å². The molecule has 9 heteroatoms. The van der Waals surface area contributed by atoms with Crippen LogP contribution in [0, 0.1) is 0 Å². The van der Waals surface area contributed by atoms with E-state index in [-0.39, 0.29) is 28.4 Å². The molecule has 0 aliphatic carbocycles. The summed E-state index contributed by atoms with van der Waals surface area (Å²) < 4.78 is 11.1. The molecule has 2 N–H and O–H groups in total. The number of thioether (sulfide) groups is 1. The van der Waals surface area contributed by atoms with Gasteiger partial charge in [-0.05, 0) is 49.4 Å². The van der Waals surface area contributed by atoms with Crippen molar-refractivity contribution in [2.45, 2.75) is 25.5 Å². The fourth-order valence-electron chi connectivity index (χ4n) is 2.51. The van der Waals surface area contributed by atoms with Crippen LogP contribution in [0.1, 0.15) is 30.6 Å². The largest absolute Gasteiger partial charge is 0.508 e. The number of rotatable bonds is 9. The highest BCUT2D eigenvalue weighted by atomic mass is 32.2. The third-order valence-corrected chi connectivity index (χ3v) is 4.86. The lowest BCUT2D eigenvalue weighted by Gasteiger charge is -2.12. The standard InChI is InChI=1S/C21H21N3O5S/c1-3-19(27)22-16-10-7-14(11-18(16)28-4-2)17(26)12-30-21-24-23-20(29-21)13-5-8-15(25)9-6-13/h5-11,25H,3-4,12H2,1-2H3,(H,22,27). The number of benzene rings is 2.